The van der Waals surface area contributed by atoms with E-state index in [4.69, 9.17) is 9.47 Å². The van der Waals surface area contributed by atoms with Gasteiger partial charge in [-0.2, -0.15) is 0 Å². The summed E-state index contributed by atoms with van der Waals surface area (Å²) in [5, 5.41) is 24.8. The van der Waals surface area contributed by atoms with Gasteiger partial charge in [0.15, 0.2) is 0 Å². The number of piperidine rings is 2. The van der Waals surface area contributed by atoms with Crippen LogP contribution in [0.3, 0.4) is 0 Å². The molecule has 4 aromatic rings. The van der Waals surface area contributed by atoms with Gasteiger partial charge in [-0.3, -0.25) is 38.5 Å². The summed E-state index contributed by atoms with van der Waals surface area (Å²) in [6.45, 7) is 14.5. The molecule has 8 N–H and O–H groups in total. The zero-order valence-corrected chi connectivity index (χ0v) is 61.2. The van der Waals surface area contributed by atoms with E-state index in [2.05, 4.69) is 87.1 Å². The standard InChI is InChI=1S/C78H109F2N15O9/c1-51(81-4)74(100)89-73(55-15-6-5-7-16-55)76(102)95-46-59(38-66(95)75(101)88-64-19-11-17-54-14-8-9-18-61(54)64)87-70(97)21-20-69(96)82-26-32-103-33-31-92-43-56-35-60(36-57(56)44-92)104-48-72(99)84-42-53-13-10-12-52(34-53)41-83-67-40-68(86-50-85-67)93-29-24-78(25-30-93)49-94(47-71(98)90-78)65-39-62(79)58(37-63(65)80)45-91-27-22-77(2,3)23-28-91/h8-10,12-14,18,34,37,39-40,50-51,55-57,59-60,64,66,73,81H,5-7,11,15-17,19-33,35-36,38,41-49H2,1-4H3,(H,82,96)(H,84,99)(H,87,97)(H,88,101)(H,89,100)(H,90,98)(H,83,85,86)/t51-,56-,57+,59-,60?,64-,66-,73-/m0/s1. The van der Waals surface area contributed by atoms with Crippen molar-refractivity contribution < 1.29 is 51.8 Å². The second-order valence-electron chi connectivity index (χ2n) is 31.4. The third-order valence-corrected chi connectivity index (χ3v) is 23.3. The van der Waals surface area contributed by atoms with Crippen molar-refractivity contribution in [2.45, 2.75) is 191 Å². The van der Waals surface area contributed by atoms with Gasteiger partial charge < -0.3 is 71.6 Å². The minimum Gasteiger partial charge on any atom is -0.378 e. The lowest BCUT2D eigenvalue weighted by Crippen LogP contribution is -2.66. The number of ether oxygens (including phenoxy) is 2. The van der Waals surface area contributed by atoms with E-state index in [0.717, 1.165) is 132 Å². The van der Waals surface area contributed by atoms with Crippen LogP contribution in [0.1, 0.15) is 157 Å². The molecule has 3 aromatic carbocycles. The highest BCUT2D eigenvalue weighted by Gasteiger charge is 2.47. The van der Waals surface area contributed by atoms with Crippen LogP contribution in [-0.2, 0) is 69.1 Å². The molecule has 8 aliphatic rings. The highest BCUT2D eigenvalue weighted by atomic mass is 19.1. The lowest BCUT2D eigenvalue weighted by Gasteiger charge is -2.48. The van der Waals surface area contributed by atoms with Crippen LogP contribution in [0.5, 0.6) is 0 Å². The summed E-state index contributed by atoms with van der Waals surface area (Å²) in [7, 11) is 1.70. The van der Waals surface area contributed by atoms with Crippen molar-refractivity contribution in [3.05, 3.63) is 113 Å². The number of benzene rings is 3. The first-order valence-electron chi connectivity index (χ1n) is 38.3. The van der Waals surface area contributed by atoms with Crippen molar-refractivity contribution in [2.75, 3.05) is 114 Å². The molecular formula is C78H109F2N15O9. The Morgan fingerprint density at radius 2 is 1.49 bits per heavy atom. The van der Waals surface area contributed by atoms with Gasteiger partial charge in [0.25, 0.3) is 0 Å². The van der Waals surface area contributed by atoms with Crippen molar-refractivity contribution in [3.63, 3.8) is 0 Å². The van der Waals surface area contributed by atoms with Crippen LogP contribution >= 0.6 is 0 Å². The predicted molar refractivity (Wildman–Crippen MR) is 392 cm³/mol. The minimum absolute atomic E-state index is 0.00931. The SMILES string of the molecule is CN[C@@H](C)C(=O)N[C@H](C(=O)N1C[C@@H](NC(=O)CCC(=O)NCCOCCN2C[C@H]3CC(OCC(=O)NCc4cccc(CNc5cc(N6CCC7(CC6)CN(c6cc(F)c(CN8CCC(C)(C)CC8)cc6F)CC(=O)N7)ncn5)c4)C[C@H]3C2)C[C@H]1C(=O)N[C@H]1CCCc2ccccc21)C1CCCCC1. The molecular weight excluding hydrogens is 1330 g/mol. The number of fused-ring (bicyclic) bond motifs is 2. The van der Waals surface area contributed by atoms with E-state index in [1.165, 1.54) is 24.0 Å². The van der Waals surface area contributed by atoms with Crippen molar-refractivity contribution in [2.24, 2.45) is 23.2 Å². The van der Waals surface area contributed by atoms with Crippen molar-refractivity contribution in [1.82, 2.24) is 61.9 Å². The van der Waals surface area contributed by atoms with Gasteiger partial charge in [-0.25, -0.2) is 18.7 Å². The molecule has 3 aliphatic carbocycles. The maximum absolute atomic E-state index is 15.8. The van der Waals surface area contributed by atoms with Gasteiger partial charge in [0.1, 0.15) is 48.3 Å². The van der Waals surface area contributed by atoms with E-state index >= 15 is 8.78 Å². The maximum Gasteiger partial charge on any atom is 0.246 e. The van der Waals surface area contributed by atoms with Gasteiger partial charge in [0, 0.05) is 109 Å². The number of anilines is 3. The lowest BCUT2D eigenvalue weighted by atomic mass is 9.82. The summed E-state index contributed by atoms with van der Waals surface area (Å²) in [5.41, 5.74) is 4.34. The van der Waals surface area contributed by atoms with E-state index in [0.29, 0.717) is 95.1 Å². The molecule has 7 amide bonds. The number of piperazine rings is 1. The summed E-state index contributed by atoms with van der Waals surface area (Å²) in [6.07, 6.45) is 13.8. The van der Waals surface area contributed by atoms with Gasteiger partial charge in [0.2, 0.25) is 41.4 Å². The summed E-state index contributed by atoms with van der Waals surface area (Å²) in [6, 6.07) is 17.7. The Bertz CT molecular complexity index is 3640. The number of amides is 7. The smallest absolute Gasteiger partial charge is 0.246 e. The summed E-state index contributed by atoms with van der Waals surface area (Å²) in [5.74, 6) is -0.583. The van der Waals surface area contributed by atoms with E-state index < -0.39 is 41.3 Å². The molecule has 26 heteroatoms. The first-order chi connectivity index (χ1) is 50.2. The maximum atomic E-state index is 15.8. The Morgan fingerprint density at radius 3 is 2.26 bits per heavy atom. The van der Waals surface area contributed by atoms with Crippen LogP contribution in [0.25, 0.3) is 0 Å². The van der Waals surface area contributed by atoms with Crippen LogP contribution in [-0.4, -0.2) is 201 Å². The zero-order chi connectivity index (χ0) is 72.9. The molecule has 0 radical (unpaired) electrons. The summed E-state index contributed by atoms with van der Waals surface area (Å²) < 4.78 is 43.5. The van der Waals surface area contributed by atoms with Crippen molar-refractivity contribution >= 4 is 58.7 Å². The van der Waals surface area contributed by atoms with Crippen LogP contribution in [0.4, 0.5) is 26.1 Å². The number of likely N-dealkylation sites (tertiary alicyclic amines) is 3. The molecule has 7 fully saturated rings. The molecule has 8 atom stereocenters. The molecule has 12 rings (SSSR count). The third-order valence-electron chi connectivity index (χ3n) is 23.3. The molecule has 24 nitrogen and oxygen atoms in total. The minimum atomic E-state index is -0.863. The first kappa shape index (κ1) is 75.8. The molecule has 5 saturated heterocycles. The monoisotopic (exact) mass is 1440 g/mol. The van der Waals surface area contributed by atoms with Gasteiger partial charge in [-0.05, 0) is 156 Å². The quantitative estimate of drug-likeness (QED) is 0.0282. The Labute approximate surface area is 610 Å². The third kappa shape index (κ3) is 20.0. The topological polar surface area (TPSA) is 276 Å². The molecule has 5 aliphatic heterocycles. The Hall–Kier alpha value is -7.91. The highest BCUT2D eigenvalue weighted by molar-refractivity contribution is 5.94. The number of hydrogen-bond donors (Lipinski definition) is 8. The van der Waals surface area contributed by atoms with E-state index in [-0.39, 0.29) is 109 Å². The molecule has 1 aromatic heterocycles. The second-order valence-corrected chi connectivity index (χ2v) is 31.4. The number of rotatable bonds is 29. The number of nitrogens with zero attached hydrogens (tertiary/aromatic N) is 7. The zero-order valence-electron chi connectivity index (χ0n) is 61.2. The number of nitrogens with one attached hydrogen (secondary N) is 8. The fraction of sp³-hybridized carbons (Fsp3) is 0.628. The van der Waals surface area contributed by atoms with Crippen molar-refractivity contribution in [3.8, 4) is 0 Å². The number of carbonyl (C=O) groups is 7. The normalized spacial score (nSPS) is 23.9. The average Bonchev–Trinajstić information content (AvgIpc) is 0.938. The molecule has 564 valence electrons. The van der Waals surface area contributed by atoms with E-state index in [1.807, 2.05) is 48.5 Å². The number of likely N-dealkylation sites (N-methyl/N-ethyl adjacent to an activating group) is 1. The predicted octanol–water partition coefficient (Wildman–Crippen LogP) is 6.17. The van der Waals surface area contributed by atoms with Crippen LogP contribution in [0.2, 0.25) is 0 Å². The number of hydrogen-bond acceptors (Lipinski definition) is 17. The van der Waals surface area contributed by atoms with Gasteiger partial charge in [0.05, 0.1) is 49.2 Å². The van der Waals surface area contributed by atoms with E-state index in [1.54, 1.807) is 23.8 Å². The van der Waals surface area contributed by atoms with Gasteiger partial charge in [-0.1, -0.05) is 81.6 Å². The molecule has 1 unspecified atom stereocenters. The second kappa shape index (κ2) is 35.0. The summed E-state index contributed by atoms with van der Waals surface area (Å²) >= 11 is 0. The van der Waals surface area contributed by atoms with E-state index in [9.17, 15) is 33.6 Å². The Balaban J connectivity index is 0.509. The number of aromatic nitrogens is 2. The average molecular weight is 1440 g/mol. The van der Waals surface area contributed by atoms with Gasteiger partial charge in [-0.15, -0.1) is 0 Å². The molecule has 0 bridgehead atoms. The van der Waals surface area contributed by atoms with Crippen molar-refractivity contribution in [1.29, 1.82) is 0 Å². The highest BCUT2D eigenvalue weighted by Crippen LogP contribution is 2.40. The Morgan fingerprint density at radius 1 is 0.740 bits per heavy atom. The molecule has 104 heavy (non-hydrogen) atoms. The van der Waals surface area contributed by atoms with Gasteiger partial charge >= 0.3 is 0 Å². The number of aryl methyl sites for hydroxylation is 1. The summed E-state index contributed by atoms with van der Waals surface area (Å²) in [4.78, 5) is 114. The molecule has 2 saturated carbocycles. The van der Waals surface area contributed by atoms with Crippen LogP contribution < -0.4 is 52.3 Å². The lowest BCUT2D eigenvalue weighted by molar-refractivity contribution is -0.143. The molecule has 1 spiro atoms. The van der Waals surface area contributed by atoms with Crippen LogP contribution in [0, 0.1) is 34.8 Å². The fourth-order valence-electron chi connectivity index (χ4n) is 17.1. The largest absolute Gasteiger partial charge is 0.378 e. The number of halogens is 2. The number of carbonyl (C=O) groups excluding carboxylic acids is 7. The van der Waals surface area contributed by atoms with Crippen LogP contribution in [0.15, 0.2) is 73.1 Å². The molecule has 6 heterocycles. The first-order valence-corrected chi connectivity index (χ1v) is 38.3. The Kier molecular flexibility index (Phi) is 25.5. The fourth-order valence-corrected chi connectivity index (χ4v) is 17.1.